The number of furan rings is 1. The van der Waals surface area contributed by atoms with Crippen molar-refractivity contribution in [2.24, 2.45) is 5.10 Å². The summed E-state index contributed by atoms with van der Waals surface area (Å²) >= 11 is 10.7. The normalized spacial score (nSPS) is 11.1. The van der Waals surface area contributed by atoms with Gasteiger partial charge in [-0.2, -0.15) is 5.10 Å². The number of hydrazone groups is 1. The smallest absolute Gasteiger partial charge is 0.355 e. The summed E-state index contributed by atoms with van der Waals surface area (Å²) in [5.74, 6) is -0.474. The number of fused-ring (bicyclic) bond motifs is 1. The minimum atomic E-state index is -0.514. The van der Waals surface area contributed by atoms with E-state index in [4.69, 9.17) is 20.8 Å². The van der Waals surface area contributed by atoms with Crippen LogP contribution in [-0.4, -0.2) is 18.1 Å². The van der Waals surface area contributed by atoms with Crippen LogP contribution in [0.3, 0.4) is 0 Å². The quantitative estimate of drug-likeness (QED) is 0.159. The SMILES string of the molecule is O=C(N/N=C/c1ccc(OC(=O)c2sc3ccccc3c2Cl)cc1)c1ccc(Br)o1. The number of carbonyl (C=O) groups is 2. The average Bonchev–Trinajstić information content (AvgIpc) is 3.33. The lowest BCUT2D eigenvalue weighted by atomic mass is 10.2. The largest absolute Gasteiger partial charge is 0.444 e. The van der Waals surface area contributed by atoms with Crippen molar-refractivity contribution in [1.82, 2.24) is 5.43 Å². The van der Waals surface area contributed by atoms with E-state index in [-0.39, 0.29) is 5.76 Å². The maximum atomic E-state index is 12.5. The molecule has 4 aromatic rings. The first-order chi connectivity index (χ1) is 14.5. The average molecular weight is 504 g/mol. The van der Waals surface area contributed by atoms with Gasteiger partial charge in [0.05, 0.1) is 11.2 Å². The number of esters is 1. The van der Waals surface area contributed by atoms with Gasteiger partial charge in [-0.05, 0) is 64.0 Å². The minimum absolute atomic E-state index is 0.140. The second kappa shape index (κ2) is 8.83. The molecule has 1 N–H and O–H groups in total. The van der Waals surface area contributed by atoms with Gasteiger partial charge in [0.1, 0.15) is 10.6 Å². The summed E-state index contributed by atoms with van der Waals surface area (Å²) in [4.78, 5) is 24.7. The Hall–Kier alpha value is -2.94. The highest BCUT2D eigenvalue weighted by molar-refractivity contribution is 9.10. The zero-order chi connectivity index (χ0) is 21.1. The van der Waals surface area contributed by atoms with Gasteiger partial charge in [0, 0.05) is 10.1 Å². The number of carbonyl (C=O) groups excluding carboxylic acids is 2. The number of halogens is 2. The highest BCUT2D eigenvalue weighted by Gasteiger charge is 2.18. The molecule has 2 heterocycles. The first kappa shape index (κ1) is 20.3. The van der Waals surface area contributed by atoms with Crippen molar-refractivity contribution in [3.05, 3.63) is 86.6 Å². The molecule has 0 bridgehead atoms. The Morgan fingerprint density at radius 1 is 1.10 bits per heavy atom. The van der Waals surface area contributed by atoms with Gasteiger partial charge in [-0.3, -0.25) is 4.79 Å². The fourth-order valence-corrected chi connectivity index (χ4v) is 4.27. The molecule has 0 unspecified atom stereocenters. The van der Waals surface area contributed by atoms with Gasteiger partial charge in [-0.1, -0.05) is 29.8 Å². The Kier molecular flexibility index (Phi) is 5.98. The third-order valence-electron chi connectivity index (χ3n) is 3.99. The van der Waals surface area contributed by atoms with Crippen molar-refractivity contribution in [1.29, 1.82) is 0 Å². The van der Waals surface area contributed by atoms with Gasteiger partial charge in [-0.15, -0.1) is 11.3 Å². The van der Waals surface area contributed by atoms with Crippen LogP contribution < -0.4 is 10.2 Å². The summed E-state index contributed by atoms with van der Waals surface area (Å²) in [6.45, 7) is 0. The number of nitrogens with zero attached hydrogens (tertiary/aromatic N) is 1. The molecular weight excluding hydrogens is 492 g/mol. The lowest BCUT2D eigenvalue weighted by molar-refractivity contribution is 0.0739. The summed E-state index contributed by atoms with van der Waals surface area (Å²) in [6, 6.07) is 17.3. The van der Waals surface area contributed by atoms with Crippen LogP contribution in [0.25, 0.3) is 10.1 Å². The number of amides is 1. The van der Waals surface area contributed by atoms with E-state index in [0.29, 0.717) is 25.9 Å². The Balaban J connectivity index is 1.39. The fourth-order valence-electron chi connectivity index (χ4n) is 2.58. The number of rotatable bonds is 5. The fraction of sp³-hybridized carbons (Fsp3) is 0. The highest BCUT2D eigenvalue weighted by atomic mass is 79.9. The molecule has 0 fully saturated rings. The van der Waals surface area contributed by atoms with E-state index in [0.717, 1.165) is 10.1 Å². The third kappa shape index (κ3) is 4.46. The van der Waals surface area contributed by atoms with Crippen molar-refractivity contribution >= 4 is 67.0 Å². The molecule has 0 spiro atoms. The summed E-state index contributed by atoms with van der Waals surface area (Å²) in [7, 11) is 0. The number of ether oxygens (including phenoxy) is 1. The van der Waals surface area contributed by atoms with Gasteiger partial charge in [0.2, 0.25) is 0 Å². The van der Waals surface area contributed by atoms with Crippen molar-refractivity contribution in [2.75, 3.05) is 0 Å². The molecule has 0 aliphatic heterocycles. The lowest BCUT2D eigenvalue weighted by Gasteiger charge is -2.03. The van der Waals surface area contributed by atoms with Gasteiger partial charge in [0.15, 0.2) is 10.4 Å². The van der Waals surface area contributed by atoms with Gasteiger partial charge in [0.25, 0.3) is 0 Å². The number of nitrogens with one attached hydrogen (secondary N) is 1. The molecule has 1 amide bonds. The standard InChI is InChI=1S/C21H12BrClN2O4S/c22-17-10-9-15(29-17)20(26)25-24-11-12-5-7-13(8-6-12)28-21(27)19-18(23)14-3-1-2-4-16(14)30-19/h1-11H,(H,25,26)/b24-11+. The maximum Gasteiger partial charge on any atom is 0.355 e. The number of hydrogen-bond acceptors (Lipinski definition) is 6. The molecule has 0 saturated carbocycles. The predicted octanol–water partition coefficient (Wildman–Crippen LogP) is 5.89. The molecule has 2 aromatic heterocycles. The van der Waals surface area contributed by atoms with E-state index in [9.17, 15) is 9.59 Å². The molecule has 2 aromatic carbocycles. The van der Waals surface area contributed by atoms with Crippen LogP contribution in [0, 0.1) is 0 Å². The molecule has 0 aliphatic carbocycles. The first-order valence-corrected chi connectivity index (χ1v) is 10.6. The van der Waals surface area contributed by atoms with Crippen LogP contribution in [0.4, 0.5) is 0 Å². The van der Waals surface area contributed by atoms with E-state index < -0.39 is 11.9 Å². The van der Waals surface area contributed by atoms with E-state index in [2.05, 4.69) is 26.5 Å². The van der Waals surface area contributed by atoms with Crippen LogP contribution in [0.15, 0.2) is 74.9 Å². The number of thiophene rings is 1. The molecule has 0 saturated heterocycles. The van der Waals surface area contributed by atoms with Crippen LogP contribution in [0.1, 0.15) is 25.8 Å². The predicted molar refractivity (Wildman–Crippen MR) is 120 cm³/mol. The van der Waals surface area contributed by atoms with Gasteiger partial charge < -0.3 is 9.15 Å². The van der Waals surface area contributed by atoms with E-state index >= 15 is 0 Å². The molecule has 0 aliphatic rings. The minimum Gasteiger partial charge on any atom is -0.444 e. The summed E-state index contributed by atoms with van der Waals surface area (Å²) in [5, 5.41) is 5.10. The lowest BCUT2D eigenvalue weighted by Crippen LogP contribution is -2.16. The molecule has 4 rings (SSSR count). The van der Waals surface area contributed by atoms with E-state index in [1.807, 2.05) is 24.3 Å². The van der Waals surface area contributed by atoms with Crippen molar-refractivity contribution in [2.45, 2.75) is 0 Å². The Bertz CT molecular complexity index is 1260. The Labute approximate surface area is 188 Å². The summed E-state index contributed by atoms with van der Waals surface area (Å²) < 4.78 is 11.9. The molecule has 0 radical (unpaired) electrons. The maximum absolute atomic E-state index is 12.5. The van der Waals surface area contributed by atoms with Crippen molar-refractivity contribution in [3.63, 3.8) is 0 Å². The second-order valence-corrected chi connectivity index (χ2v) is 8.21. The highest BCUT2D eigenvalue weighted by Crippen LogP contribution is 2.35. The van der Waals surface area contributed by atoms with Crippen molar-refractivity contribution in [3.8, 4) is 5.75 Å². The summed E-state index contributed by atoms with van der Waals surface area (Å²) in [5.41, 5.74) is 3.07. The monoisotopic (exact) mass is 502 g/mol. The van der Waals surface area contributed by atoms with E-state index in [1.165, 1.54) is 23.6 Å². The van der Waals surface area contributed by atoms with Crippen LogP contribution >= 0.6 is 38.9 Å². The molecular formula is C21H12BrClN2O4S. The van der Waals surface area contributed by atoms with Crippen LogP contribution in [0.5, 0.6) is 5.75 Å². The molecule has 6 nitrogen and oxygen atoms in total. The molecule has 9 heteroatoms. The number of benzene rings is 2. The van der Waals surface area contributed by atoms with Gasteiger partial charge in [-0.25, -0.2) is 10.2 Å². The topological polar surface area (TPSA) is 80.9 Å². The second-order valence-electron chi connectivity index (χ2n) is 6.00. The van der Waals surface area contributed by atoms with Crippen LogP contribution in [0.2, 0.25) is 5.02 Å². The molecule has 30 heavy (non-hydrogen) atoms. The van der Waals surface area contributed by atoms with Gasteiger partial charge >= 0.3 is 11.9 Å². The third-order valence-corrected chi connectivity index (χ3v) is 6.07. The Morgan fingerprint density at radius 2 is 1.87 bits per heavy atom. The zero-order valence-corrected chi connectivity index (χ0v) is 18.3. The molecule has 0 atom stereocenters. The van der Waals surface area contributed by atoms with E-state index in [1.54, 1.807) is 30.3 Å². The number of hydrogen-bond donors (Lipinski definition) is 1. The molecule has 150 valence electrons. The zero-order valence-electron chi connectivity index (χ0n) is 15.1. The summed E-state index contributed by atoms with van der Waals surface area (Å²) in [6.07, 6.45) is 1.46. The first-order valence-electron chi connectivity index (χ1n) is 8.59. The van der Waals surface area contributed by atoms with Crippen molar-refractivity contribution < 1.29 is 18.7 Å². The van der Waals surface area contributed by atoms with Crippen LogP contribution in [-0.2, 0) is 0 Å². The Morgan fingerprint density at radius 3 is 2.57 bits per heavy atom.